The summed E-state index contributed by atoms with van der Waals surface area (Å²) in [5.41, 5.74) is 2.53. The Bertz CT molecular complexity index is 1640. The number of benzene rings is 5. The van der Waals surface area contributed by atoms with Crippen LogP contribution in [0.2, 0.25) is 0 Å². The van der Waals surface area contributed by atoms with Crippen LogP contribution in [-0.4, -0.2) is 14.3 Å². The minimum absolute atomic E-state index is 0.125. The quantitative estimate of drug-likeness (QED) is 0.207. The molecule has 1 N–H and O–H groups in total. The fraction of sp³-hybridized carbons (Fsp3) is 0.0312. The number of nitrogens with zero attached hydrogens (tertiary/aromatic N) is 1. The van der Waals surface area contributed by atoms with E-state index >= 15 is 0 Å². The zero-order valence-electron chi connectivity index (χ0n) is 21.0. The van der Waals surface area contributed by atoms with E-state index in [4.69, 9.17) is 0 Å². The highest BCUT2D eigenvalue weighted by atomic mass is 32.2. The molecule has 0 aliphatic heterocycles. The zero-order chi connectivity index (χ0) is 27.1. The number of amides is 1. The second kappa shape index (κ2) is 12.0. The topological polar surface area (TPSA) is 66.5 Å². The van der Waals surface area contributed by atoms with E-state index in [-0.39, 0.29) is 17.3 Å². The Morgan fingerprint density at radius 1 is 0.667 bits per heavy atom. The molecule has 0 aliphatic carbocycles. The number of sulfonamides is 1. The van der Waals surface area contributed by atoms with Crippen molar-refractivity contribution in [1.29, 1.82) is 0 Å². The van der Waals surface area contributed by atoms with Gasteiger partial charge in [-0.1, -0.05) is 90.6 Å². The molecular weight excluding hydrogens is 524 g/mol. The number of anilines is 2. The summed E-state index contributed by atoms with van der Waals surface area (Å²) >= 11 is 1.58. The van der Waals surface area contributed by atoms with E-state index in [1.54, 1.807) is 78.5 Å². The molecule has 5 aromatic rings. The number of hydrogen-bond acceptors (Lipinski definition) is 4. The van der Waals surface area contributed by atoms with Gasteiger partial charge in [-0.25, -0.2) is 8.42 Å². The molecule has 0 saturated heterocycles. The molecular formula is C32H26N2O3S2. The van der Waals surface area contributed by atoms with Crippen LogP contribution in [0, 0.1) is 0 Å². The van der Waals surface area contributed by atoms with Crippen molar-refractivity contribution >= 4 is 39.1 Å². The first-order valence-corrected chi connectivity index (χ1v) is 14.6. The van der Waals surface area contributed by atoms with Gasteiger partial charge in [0.2, 0.25) is 0 Å². The van der Waals surface area contributed by atoms with Crippen molar-refractivity contribution < 1.29 is 13.2 Å². The molecule has 0 saturated carbocycles. The molecule has 5 rings (SSSR count). The average Bonchev–Trinajstić information content (AvgIpc) is 2.98. The number of rotatable bonds is 9. The summed E-state index contributed by atoms with van der Waals surface area (Å²) in [5, 5.41) is 3.01. The maximum absolute atomic E-state index is 13.5. The van der Waals surface area contributed by atoms with Gasteiger partial charge >= 0.3 is 0 Å². The van der Waals surface area contributed by atoms with E-state index in [0.29, 0.717) is 11.3 Å². The SMILES string of the molecule is O=C(Nc1ccccc1Sc1ccccc1)c1ccc(CN(c2ccccc2)S(=O)(=O)c2ccccc2)cc1. The smallest absolute Gasteiger partial charge is 0.264 e. The van der Waals surface area contributed by atoms with Gasteiger partial charge in [-0.05, 0) is 66.2 Å². The van der Waals surface area contributed by atoms with Crippen molar-refractivity contribution in [3.05, 3.63) is 151 Å². The van der Waals surface area contributed by atoms with Crippen LogP contribution in [0.25, 0.3) is 0 Å². The average molecular weight is 551 g/mol. The summed E-state index contributed by atoms with van der Waals surface area (Å²) in [6, 6.07) is 42.1. The van der Waals surface area contributed by atoms with Crippen molar-refractivity contribution in [2.45, 2.75) is 21.2 Å². The second-order valence-electron chi connectivity index (χ2n) is 8.72. The van der Waals surface area contributed by atoms with Gasteiger partial charge in [0.15, 0.2) is 0 Å². The third-order valence-electron chi connectivity index (χ3n) is 6.02. The lowest BCUT2D eigenvalue weighted by Crippen LogP contribution is -2.30. The number of para-hydroxylation sites is 2. The van der Waals surface area contributed by atoms with Crippen molar-refractivity contribution in [1.82, 2.24) is 0 Å². The van der Waals surface area contributed by atoms with Crippen LogP contribution in [0.15, 0.2) is 154 Å². The van der Waals surface area contributed by atoms with Gasteiger partial charge in [0.25, 0.3) is 15.9 Å². The minimum atomic E-state index is -3.80. The molecule has 0 fully saturated rings. The van der Waals surface area contributed by atoms with E-state index < -0.39 is 10.0 Å². The largest absolute Gasteiger partial charge is 0.321 e. The highest BCUT2D eigenvalue weighted by Crippen LogP contribution is 2.33. The summed E-state index contributed by atoms with van der Waals surface area (Å²) in [7, 11) is -3.80. The predicted molar refractivity (Wildman–Crippen MR) is 158 cm³/mol. The monoisotopic (exact) mass is 550 g/mol. The summed E-state index contributed by atoms with van der Waals surface area (Å²) in [6.07, 6.45) is 0. The Hall–Kier alpha value is -4.33. The minimum Gasteiger partial charge on any atom is -0.321 e. The highest BCUT2D eigenvalue weighted by Gasteiger charge is 2.25. The van der Waals surface area contributed by atoms with Gasteiger partial charge in [0, 0.05) is 15.4 Å². The van der Waals surface area contributed by atoms with Gasteiger partial charge in [-0.2, -0.15) is 0 Å². The maximum atomic E-state index is 13.5. The Labute approximate surface area is 233 Å². The van der Waals surface area contributed by atoms with Crippen LogP contribution in [0.4, 0.5) is 11.4 Å². The Balaban J connectivity index is 1.34. The summed E-state index contributed by atoms with van der Waals surface area (Å²) in [5.74, 6) is -0.237. The number of hydrogen-bond donors (Lipinski definition) is 1. The van der Waals surface area contributed by atoms with E-state index in [2.05, 4.69) is 5.32 Å². The lowest BCUT2D eigenvalue weighted by molar-refractivity contribution is 0.102. The Kier molecular flexibility index (Phi) is 8.10. The molecule has 194 valence electrons. The van der Waals surface area contributed by atoms with Gasteiger partial charge in [0.1, 0.15) is 0 Å². The third-order valence-corrected chi connectivity index (χ3v) is 8.90. The maximum Gasteiger partial charge on any atom is 0.264 e. The second-order valence-corrected chi connectivity index (χ2v) is 11.7. The van der Waals surface area contributed by atoms with Crippen molar-refractivity contribution in [2.24, 2.45) is 0 Å². The predicted octanol–water partition coefficient (Wildman–Crippen LogP) is 7.49. The van der Waals surface area contributed by atoms with Gasteiger partial charge < -0.3 is 5.32 Å². The molecule has 0 aliphatic rings. The summed E-state index contributed by atoms with van der Waals surface area (Å²) in [4.78, 5) is 15.3. The van der Waals surface area contributed by atoms with Crippen LogP contribution >= 0.6 is 11.8 Å². The van der Waals surface area contributed by atoms with Crippen molar-refractivity contribution in [3.63, 3.8) is 0 Å². The fourth-order valence-electron chi connectivity index (χ4n) is 4.03. The first-order valence-electron chi connectivity index (χ1n) is 12.4. The van der Waals surface area contributed by atoms with E-state index in [1.165, 1.54) is 4.31 Å². The van der Waals surface area contributed by atoms with Gasteiger partial charge in [-0.3, -0.25) is 9.10 Å². The molecule has 0 heterocycles. The molecule has 5 nitrogen and oxygen atoms in total. The van der Waals surface area contributed by atoms with Crippen LogP contribution in [0.3, 0.4) is 0 Å². The molecule has 39 heavy (non-hydrogen) atoms. The third kappa shape index (κ3) is 6.39. The first kappa shape index (κ1) is 26.3. The van der Waals surface area contributed by atoms with E-state index in [1.807, 2.05) is 72.8 Å². The Morgan fingerprint density at radius 2 is 1.23 bits per heavy atom. The molecule has 0 spiro atoms. The first-order chi connectivity index (χ1) is 19.0. The van der Waals surface area contributed by atoms with Crippen LogP contribution in [-0.2, 0) is 16.6 Å². The van der Waals surface area contributed by atoms with Crippen molar-refractivity contribution in [2.75, 3.05) is 9.62 Å². The van der Waals surface area contributed by atoms with Crippen LogP contribution in [0.1, 0.15) is 15.9 Å². The lowest BCUT2D eigenvalue weighted by Gasteiger charge is -2.25. The zero-order valence-corrected chi connectivity index (χ0v) is 22.6. The van der Waals surface area contributed by atoms with E-state index in [0.717, 1.165) is 21.0 Å². The van der Waals surface area contributed by atoms with Crippen LogP contribution in [0.5, 0.6) is 0 Å². The standard InChI is InChI=1S/C32H26N2O3S2/c35-32(33-30-18-10-11-19-31(30)38-28-14-6-2-7-15-28)26-22-20-25(21-23-26)24-34(27-12-4-1-5-13-27)39(36,37)29-16-8-3-9-17-29/h1-23H,24H2,(H,33,35). The molecule has 7 heteroatoms. The highest BCUT2D eigenvalue weighted by molar-refractivity contribution is 7.99. The molecule has 0 atom stereocenters. The molecule has 0 radical (unpaired) electrons. The molecule has 5 aromatic carbocycles. The number of carbonyl (C=O) groups is 1. The normalized spacial score (nSPS) is 11.1. The molecule has 0 unspecified atom stereocenters. The van der Waals surface area contributed by atoms with Gasteiger partial charge in [0.05, 0.1) is 22.8 Å². The molecule has 0 aromatic heterocycles. The number of nitrogens with one attached hydrogen (secondary N) is 1. The lowest BCUT2D eigenvalue weighted by atomic mass is 10.1. The number of carbonyl (C=O) groups excluding carboxylic acids is 1. The summed E-state index contributed by atoms with van der Waals surface area (Å²) < 4.78 is 28.5. The molecule has 1 amide bonds. The fourth-order valence-corrected chi connectivity index (χ4v) is 6.42. The van der Waals surface area contributed by atoms with E-state index in [9.17, 15) is 13.2 Å². The molecule has 0 bridgehead atoms. The van der Waals surface area contributed by atoms with Crippen molar-refractivity contribution in [3.8, 4) is 0 Å². The van der Waals surface area contributed by atoms with Gasteiger partial charge in [-0.15, -0.1) is 0 Å². The summed E-state index contributed by atoms with van der Waals surface area (Å²) in [6.45, 7) is 0.125. The van der Waals surface area contributed by atoms with Crippen LogP contribution < -0.4 is 9.62 Å². The Morgan fingerprint density at radius 3 is 1.90 bits per heavy atom.